The molecular formula is C18H35IN6O. The second-order valence-electron chi connectivity index (χ2n) is 6.74. The fraction of sp³-hybridized carbons (Fsp3) is 0.778. The molecule has 7 nitrogen and oxygen atoms in total. The van der Waals surface area contributed by atoms with Crippen molar-refractivity contribution in [3.63, 3.8) is 0 Å². The van der Waals surface area contributed by atoms with Crippen LogP contribution >= 0.6 is 24.0 Å². The molecule has 26 heavy (non-hydrogen) atoms. The Morgan fingerprint density at radius 3 is 2.58 bits per heavy atom. The number of ether oxygens (including phenoxy) is 1. The Bertz CT molecular complexity index is 568. The van der Waals surface area contributed by atoms with Crippen LogP contribution in [-0.4, -0.2) is 72.6 Å². The normalized spacial score (nSPS) is 16.9. The van der Waals surface area contributed by atoms with Gasteiger partial charge in [0.25, 0.3) is 0 Å². The minimum Gasteiger partial charge on any atom is -0.379 e. The van der Waals surface area contributed by atoms with Gasteiger partial charge in [-0.15, -0.1) is 24.0 Å². The van der Waals surface area contributed by atoms with Crippen LogP contribution in [0.15, 0.2) is 4.99 Å². The van der Waals surface area contributed by atoms with Gasteiger partial charge in [-0.05, 0) is 39.7 Å². The summed E-state index contributed by atoms with van der Waals surface area (Å²) in [5.41, 5.74) is 3.68. The van der Waals surface area contributed by atoms with E-state index in [-0.39, 0.29) is 24.0 Å². The van der Waals surface area contributed by atoms with Crippen LogP contribution in [0.25, 0.3) is 0 Å². The van der Waals surface area contributed by atoms with E-state index in [1.807, 2.05) is 11.7 Å². The zero-order valence-electron chi connectivity index (χ0n) is 16.8. The van der Waals surface area contributed by atoms with Gasteiger partial charge in [0.15, 0.2) is 5.96 Å². The van der Waals surface area contributed by atoms with Crippen molar-refractivity contribution in [2.45, 2.75) is 40.2 Å². The molecule has 0 saturated carbocycles. The van der Waals surface area contributed by atoms with E-state index >= 15 is 0 Å². The molecule has 0 aliphatic carbocycles. The van der Waals surface area contributed by atoms with Gasteiger partial charge < -0.3 is 15.4 Å². The van der Waals surface area contributed by atoms with Crippen LogP contribution in [0.1, 0.15) is 30.8 Å². The third kappa shape index (κ3) is 7.03. The number of halogens is 1. The Morgan fingerprint density at radius 2 is 2.00 bits per heavy atom. The average molecular weight is 478 g/mol. The molecule has 0 bridgehead atoms. The third-order valence-corrected chi connectivity index (χ3v) is 4.69. The van der Waals surface area contributed by atoms with Crippen LogP contribution < -0.4 is 10.6 Å². The molecule has 2 N–H and O–H groups in total. The minimum atomic E-state index is 0. The smallest absolute Gasteiger partial charge is 0.191 e. The number of aliphatic imine (C=N–C) groups is 1. The summed E-state index contributed by atoms with van der Waals surface area (Å²) in [4.78, 5) is 7.14. The van der Waals surface area contributed by atoms with Crippen molar-refractivity contribution in [1.82, 2.24) is 25.3 Å². The summed E-state index contributed by atoms with van der Waals surface area (Å²) in [5.74, 6) is 0.891. The topological polar surface area (TPSA) is 66.7 Å². The minimum absolute atomic E-state index is 0. The summed E-state index contributed by atoms with van der Waals surface area (Å²) in [6.45, 7) is 14.8. The lowest BCUT2D eigenvalue weighted by molar-refractivity contribution is 0.0394. The van der Waals surface area contributed by atoms with E-state index in [1.165, 1.54) is 11.3 Å². The quantitative estimate of drug-likeness (QED) is 0.353. The van der Waals surface area contributed by atoms with Gasteiger partial charge >= 0.3 is 0 Å². The molecule has 0 amide bonds. The lowest BCUT2D eigenvalue weighted by atomic mass is 10.1. The molecule has 0 aromatic carbocycles. The first-order valence-corrected chi connectivity index (χ1v) is 9.35. The maximum atomic E-state index is 5.39. The van der Waals surface area contributed by atoms with Crippen molar-refractivity contribution in [2.24, 2.45) is 12.0 Å². The van der Waals surface area contributed by atoms with Gasteiger partial charge in [-0.2, -0.15) is 5.10 Å². The van der Waals surface area contributed by atoms with Gasteiger partial charge in [-0.3, -0.25) is 14.6 Å². The van der Waals surface area contributed by atoms with Gasteiger partial charge in [0, 0.05) is 45.0 Å². The number of guanidine groups is 1. The third-order valence-electron chi connectivity index (χ3n) is 4.69. The van der Waals surface area contributed by atoms with Gasteiger partial charge in [-0.25, -0.2) is 0 Å². The number of aryl methyl sites for hydroxylation is 2. The molecule has 1 saturated heterocycles. The van der Waals surface area contributed by atoms with Crippen LogP contribution in [0.4, 0.5) is 0 Å². The molecular weight excluding hydrogens is 443 g/mol. The average Bonchev–Trinajstić information content (AvgIpc) is 2.82. The van der Waals surface area contributed by atoms with Crippen LogP contribution in [0.2, 0.25) is 0 Å². The number of nitrogens with zero attached hydrogens (tertiary/aromatic N) is 4. The zero-order chi connectivity index (χ0) is 18.2. The predicted molar refractivity (Wildman–Crippen MR) is 118 cm³/mol. The highest BCUT2D eigenvalue weighted by atomic mass is 127. The SMILES string of the molecule is CCNC(=NCCN1CCOCC1)NC(C)Cc1c(C)nn(C)c1C.I. The summed E-state index contributed by atoms with van der Waals surface area (Å²) >= 11 is 0. The molecule has 2 rings (SSSR count). The molecule has 1 fully saturated rings. The summed E-state index contributed by atoms with van der Waals surface area (Å²) in [6.07, 6.45) is 0.944. The van der Waals surface area contributed by atoms with Crippen molar-refractivity contribution < 1.29 is 4.74 Å². The lowest BCUT2D eigenvalue weighted by Crippen LogP contribution is -2.44. The highest BCUT2D eigenvalue weighted by Crippen LogP contribution is 2.14. The predicted octanol–water partition coefficient (Wildman–Crippen LogP) is 1.47. The first-order chi connectivity index (χ1) is 12.0. The van der Waals surface area contributed by atoms with Crippen LogP contribution in [-0.2, 0) is 18.2 Å². The van der Waals surface area contributed by atoms with E-state index in [9.17, 15) is 0 Å². The second kappa shape index (κ2) is 11.8. The number of morpholine rings is 1. The van der Waals surface area contributed by atoms with E-state index in [1.54, 1.807) is 0 Å². The first-order valence-electron chi connectivity index (χ1n) is 9.35. The van der Waals surface area contributed by atoms with Crippen molar-refractivity contribution in [3.8, 4) is 0 Å². The Labute approximate surface area is 175 Å². The molecule has 1 aromatic heterocycles. The summed E-state index contributed by atoms with van der Waals surface area (Å²) < 4.78 is 7.34. The van der Waals surface area contributed by atoms with E-state index in [0.29, 0.717) is 6.04 Å². The fourth-order valence-electron chi connectivity index (χ4n) is 3.15. The molecule has 2 heterocycles. The first kappa shape index (κ1) is 23.2. The van der Waals surface area contributed by atoms with Crippen molar-refractivity contribution >= 4 is 29.9 Å². The Balaban J connectivity index is 0.00000338. The van der Waals surface area contributed by atoms with Crippen molar-refractivity contribution in [2.75, 3.05) is 45.9 Å². The highest BCUT2D eigenvalue weighted by Gasteiger charge is 2.14. The maximum Gasteiger partial charge on any atom is 0.191 e. The molecule has 1 aliphatic heterocycles. The number of nitrogens with one attached hydrogen (secondary N) is 2. The largest absolute Gasteiger partial charge is 0.379 e. The number of rotatable bonds is 7. The van der Waals surface area contributed by atoms with Gasteiger partial charge in [-0.1, -0.05) is 0 Å². The van der Waals surface area contributed by atoms with E-state index in [0.717, 1.165) is 64.0 Å². The number of aromatic nitrogens is 2. The van der Waals surface area contributed by atoms with Crippen LogP contribution in [0.3, 0.4) is 0 Å². The summed E-state index contributed by atoms with van der Waals surface area (Å²) in [5, 5.41) is 11.4. The molecule has 1 aromatic rings. The van der Waals surface area contributed by atoms with Crippen molar-refractivity contribution in [3.05, 3.63) is 17.0 Å². The lowest BCUT2D eigenvalue weighted by Gasteiger charge is -2.26. The Kier molecular flexibility index (Phi) is 10.5. The van der Waals surface area contributed by atoms with E-state index < -0.39 is 0 Å². The zero-order valence-corrected chi connectivity index (χ0v) is 19.2. The molecule has 1 atom stereocenters. The van der Waals surface area contributed by atoms with Crippen molar-refractivity contribution in [1.29, 1.82) is 0 Å². The molecule has 0 spiro atoms. The van der Waals surface area contributed by atoms with E-state index in [4.69, 9.17) is 9.73 Å². The molecule has 1 unspecified atom stereocenters. The second-order valence-corrected chi connectivity index (χ2v) is 6.74. The number of hydrogen-bond acceptors (Lipinski definition) is 4. The van der Waals surface area contributed by atoms with Gasteiger partial charge in [0.2, 0.25) is 0 Å². The molecule has 1 aliphatic rings. The van der Waals surface area contributed by atoms with Crippen LogP contribution in [0, 0.1) is 13.8 Å². The molecule has 0 radical (unpaired) electrons. The molecule has 8 heteroatoms. The Morgan fingerprint density at radius 1 is 1.31 bits per heavy atom. The monoisotopic (exact) mass is 478 g/mol. The standard InChI is InChI=1S/C18H34N6O.HI/c1-6-19-18(20-7-8-24-9-11-25-12-10-24)21-14(2)13-17-15(3)22-23(5)16(17)4;/h14H,6-13H2,1-5H3,(H2,19,20,21);1H. The highest BCUT2D eigenvalue weighted by molar-refractivity contribution is 14.0. The molecule has 150 valence electrons. The van der Waals surface area contributed by atoms with E-state index in [2.05, 4.69) is 48.3 Å². The summed E-state index contributed by atoms with van der Waals surface area (Å²) in [7, 11) is 2.00. The number of hydrogen-bond donors (Lipinski definition) is 2. The van der Waals surface area contributed by atoms with Crippen LogP contribution in [0.5, 0.6) is 0 Å². The van der Waals surface area contributed by atoms with Gasteiger partial charge in [0.1, 0.15) is 0 Å². The maximum absolute atomic E-state index is 5.39. The summed E-state index contributed by atoms with van der Waals surface area (Å²) in [6, 6.07) is 0.294. The fourth-order valence-corrected chi connectivity index (χ4v) is 3.15. The van der Waals surface area contributed by atoms with Gasteiger partial charge in [0.05, 0.1) is 25.5 Å². The Hall–Kier alpha value is -0.870.